The fourth-order valence-corrected chi connectivity index (χ4v) is 0.803. The van der Waals surface area contributed by atoms with Crippen molar-refractivity contribution in [3.8, 4) is 0 Å². The Hall–Kier alpha value is -0.0126. The van der Waals surface area contributed by atoms with Gasteiger partial charge in [0, 0.05) is 0 Å². The van der Waals surface area contributed by atoms with E-state index in [-0.39, 0.29) is 25.5 Å². The predicted molar refractivity (Wildman–Crippen MR) is 29.9 cm³/mol. The van der Waals surface area contributed by atoms with Crippen LogP contribution in [0.25, 0.3) is 0 Å². The summed E-state index contributed by atoms with van der Waals surface area (Å²) in [5.74, 6) is -1.99. The van der Waals surface area contributed by atoms with Gasteiger partial charge >= 0.3 is 18.9 Å². The monoisotopic (exact) mass is 152 g/mol. The SMILES string of the molecule is CC1(C)OC[C@@H](C(=O)[O-])O1.[Li+]. The molecule has 0 N–H and O–H groups in total. The fourth-order valence-electron chi connectivity index (χ4n) is 0.803. The molecular formula is C6H9LiO4. The van der Waals surface area contributed by atoms with Crippen LogP contribution in [0.2, 0.25) is 0 Å². The van der Waals surface area contributed by atoms with Crippen LogP contribution in [-0.4, -0.2) is 24.5 Å². The largest absolute Gasteiger partial charge is 1.00 e. The van der Waals surface area contributed by atoms with Gasteiger partial charge in [-0.3, -0.25) is 0 Å². The van der Waals surface area contributed by atoms with Crippen LogP contribution in [0.5, 0.6) is 0 Å². The van der Waals surface area contributed by atoms with Crippen LogP contribution in [0.15, 0.2) is 0 Å². The second kappa shape index (κ2) is 3.59. The van der Waals surface area contributed by atoms with E-state index in [9.17, 15) is 9.90 Å². The summed E-state index contributed by atoms with van der Waals surface area (Å²) in [5, 5.41) is 10.2. The maximum atomic E-state index is 10.2. The van der Waals surface area contributed by atoms with Gasteiger partial charge < -0.3 is 19.4 Å². The molecule has 1 aliphatic heterocycles. The standard InChI is InChI=1S/C6H10O4.Li/c1-6(2)9-3-4(10-6)5(7)8;/h4H,3H2,1-2H3,(H,7,8);/q;+1/p-1/t4-;/m0./s1. The number of rotatable bonds is 1. The van der Waals surface area contributed by atoms with E-state index in [2.05, 4.69) is 0 Å². The van der Waals surface area contributed by atoms with Gasteiger partial charge in [-0.2, -0.15) is 0 Å². The second-order valence-corrected chi connectivity index (χ2v) is 2.64. The first kappa shape index (κ1) is 11.0. The molecule has 0 aromatic carbocycles. The minimum absolute atomic E-state index is 0. The molecule has 1 rings (SSSR count). The zero-order valence-corrected chi connectivity index (χ0v) is 6.92. The van der Waals surface area contributed by atoms with Crippen molar-refractivity contribution in [1.82, 2.24) is 0 Å². The van der Waals surface area contributed by atoms with Crippen LogP contribution < -0.4 is 24.0 Å². The molecule has 0 unspecified atom stereocenters. The Morgan fingerprint density at radius 2 is 2.18 bits per heavy atom. The van der Waals surface area contributed by atoms with Crippen LogP contribution >= 0.6 is 0 Å². The zero-order valence-electron chi connectivity index (χ0n) is 6.92. The van der Waals surface area contributed by atoms with Crippen molar-refractivity contribution >= 4 is 5.97 Å². The third-order valence-corrected chi connectivity index (χ3v) is 1.27. The minimum atomic E-state index is -1.22. The molecule has 1 heterocycles. The third-order valence-electron chi connectivity index (χ3n) is 1.27. The van der Waals surface area contributed by atoms with E-state index in [0.717, 1.165) is 0 Å². The smallest absolute Gasteiger partial charge is 0.547 e. The quantitative estimate of drug-likeness (QED) is 0.358. The van der Waals surface area contributed by atoms with Crippen LogP contribution in [0.1, 0.15) is 13.8 Å². The van der Waals surface area contributed by atoms with E-state index >= 15 is 0 Å². The minimum Gasteiger partial charge on any atom is -0.547 e. The fraction of sp³-hybridized carbons (Fsp3) is 0.833. The topological polar surface area (TPSA) is 58.6 Å². The summed E-state index contributed by atoms with van der Waals surface area (Å²) < 4.78 is 9.90. The van der Waals surface area contributed by atoms with Gasteiger partial charge in [-0.15, -0.1) is 0 Å². The Bertz CT molecular complexity index is 157. The Labute approximate surface area is 77.0 Å². The van der Waals surface area contributed by atoms with E-state index < -0.39 is 17.9 Å². The van der Waals surface area contributed by atoms with Gasteiger partial charge in [-0.1, -0.05) is 0 Å². The van der Waals surface area contributed by atoms with Crippen molar-refractivity contribution in [2.75, 3.05) is 6.61 Å². The molecule has 0 radical (unpaired) electrons. The van der Waals surface area contributed by atoms with Gasteiger partial charge in [0.05, 0.1) is 12.6 Å². The molecule has 0 saturated carbocycles. The van der Waals surface area contributed by atoms with Gasteiger partial charge in [-0.05, 0) is 13.8 Å². The average Bonchev–Trinajstić information content (AvgIpc) is 2.10. The summed E-state index contributed by atoms with van der Waals surface area (Å²) >= 11 is 0. The van der Waals surface area contributed by atoms with Crippen LogP contribution in [0.3, 0.4) is 0 Å². The van der Waals surface area contributed by atoms with E-state index in [1.54, 1.807) is 13.8 Å². The van der Waals surface area contributed by atoms with Gasteiger partial charge in [0.25, 0.3) is 0 Å². The Balaban J connectivity index is 0.000001000. The van der Waals surface area contributed by atoms with Gasteiger partial charge in [0.1, 0.15) is 6.10 Å². The maximum Gasteiger partial charge on any atom is 1.00 e. The predicted octanol–water partition coefficient (Wildman–Crippen LogP) is -4.11. The molecule has 1 atom stereocenters. The number of ether oxygens (including phenoxy) is 2. The molecule has 11 heavy (non-hydrogen) atoms. The van der Waals surface area contributed by atoms with Crippen LogP contribution in [0, 0.1) is 0 Å². The van der Waals surface area contributed by atoms with Crippen LogP contribution in [0.4, 0.5) is 0 Å². The third kappa shape index (κ3) is 2.84. The van der Waals surface area contributed by atoms with Crippen molar-refractivity contribution in [1.29, 1.82) is 0 Å². The van der Waals surface area contributed by atoms with Gasteiger partial charge in [0.15, 0.2) is 5.79 Å². The first-order chi connectivity index (χ1) is 4.51. The van der Waals surface area contributed by atoms with E-state index in [0.29, 0.717) is 0 Å². The number of carboxylic acids is 1. The molecule has 0 spiro atoms. The summed E-state index contributed by atoms with van der Waals surface area (Å²) in [5.41, 5.74) is 0. The molecule has 1 aliphatic rings. The molecule has 5 heteroatoms. The van der Waals surface area contributed by atoms with Crippen LogP contribution in [-0.2, 0) is 14.3 Å². The summed E-state index contributed by atoms with van der Waals surface area (Å²) in [4.78, 5) is 10.2. The Kier molecular flexibility index (Phi) is 3.59. The number of hydrogen-bond acceptors (Lipinski definition) is 4. The molecule has 0 bridgehead atoms. The van der Waals surface area contributed by atoms with Gasteiger partial charge in [-0.25, -0.2) is 0 Å². The Morgan fingerprint density at radius 3 is 2.36 bits per heavy atom. The maximum absolute atomic E-state index is 10.2. The number of carboxylic acid groups (broad SMARTS) is 1. The normalized spacial score (nSPS) is 27.6. The molecule has 1 fully saturated rings. The molecular weight excluding hydrogens is 143 g/mol. The molecule has 4 nitrogen and oxygen atoms in total. The summed E-state index contributed by atoms with van der Waals surface area (Å²) in [7, 11) is 0. The summed E-state index contributed by atoms with van der Waals surface area (Å²) in [6, 6.07) is 0. The second-order valence-electron chi connectivity index (χ2n) is 2.64. The van der Waals surface area contributed by atoms with Crippen molar-refractivity contribution in [3.63, 3.8) is 0 Å². The van der Waals surface area contributed by atoms with E-state index in [4.69, 9.17) is 9.47 Å². The zero-order chi connectivity index (χ0) is 7.78. The van der Waals surface area contributed by atoms with E-state index in [1.165, 1.54) is 0 Å². The molecule has 0 aliphatic carbocycles. The molecule has 0 aromatic heterocycles. The number of carbonyl (C=O) groups excluding carboxylic acids is 1. The van der Waals surface area contributed by atoms with Crippen molar-refractivity contribution in [2.24, 2.45) is 0 Å². The number of carbonyl (C=O) groups is 1. The molecule has 58 valence electrons. The van der Waals surface area contributed by atoms with Crippen molar-refractivity contribution in [3.05, 3.63) is 0 Å². The summed E-state index contributed by atoms with van der Waals surface area (Å²) in [6.07, 6.45) is -0.907. The molecule has 1 saturated heterocycles. The van der Waals surface area contributed by atoms with Gasteiger partial charge in [0.2, 0.25) is 0 Å². The first-order valence-corrected chi connectivity index (χ1v) is 3.04. The first-order valence-electron chi connectivity index (χ1n) is 3.04. The average molecular weight is 152 g/mol. The number of hydrogen-bond donors (Lipinski definition) is 0. The summed E-state index contributed by atoms with van der Waals surface area (Å²) in [6.45, 7) is 3.40. The number of aliphatic carboxylic acids is 1. The molecule has 0 aromatic rings. The van der Waals surface area contributed by atoms with E-state index in [1.807, 2.05) is 0 Å². The molecule has 0 amide bonds. The van der Waals surface area contributed by atoms with Crippen molar-refractivity contribution < 1.29 is 38.2 Å². The Morgan fingerprint density at radius 1 is 1.64 bits per heavy atom. The van der Waals surface area contributed by atoms with Crippen molar-refractivity contribution in [2.45, 2.75) is 25.7 Å².